The van der Waals surface area contributed by atoms with Gasteiger partial charge in [-0.05, 0) is 36.8 Å². The minimum absolute atomic E-state index is 0.0424. The molecule has 0 saturated heterocycles. The number of hydrogen-bond donors (Lipinski definition) is 1. The Kier molecular flexibility index (Phi) is 4.62. The number of methoxy groups -OCH3 is 1. The van der Waals surface area contributed by atoms with Crippen molar-refractivity contribution in [1.29, 1.82) is 0 Å². The Bertz CT molecular complexity index is 866. The minimum atomic E-state index is -0.0424. The number of aromatic nitrogens is 2. The first-order chi connectivity index (χ1) is 11.7. The van der Waals surface area contributed by atoms with Gasteiger partial charge in [-0.1, -0.05) is 6.92 Å². The first-order valence-corrected chi connectivity index (χ1v) is 7.95. The van der Waals surface area contributed by atoms with Crippen molar-refractivity contribution in [2.45, 2.75) is 19.9 Å². The summed E-state index contributed by atoms with van der Waals surface area (Å²) in [4.78, 5) is 17.3. The molecule has 1 N–H and O–H groups in total. The lowest BCUT2D eigenvalue weighted by Crippen LogP contribution is -2.10. The number of nitrogens with zero attached hydrogens (tertiary/aromatic N) is 2. The lowest BCUT2D eigenvalue weighted by molar-refractivity contribution is 0.103. The molecule has 0 radical (unpaired) electrons. The van der Waals surface area contributed by atoms with Crippen LogP contribution in [0.4, 0.5) is 0 Å². The number of ether oxygens (including phenoxy) is 1. The molecule has 5 nitrogen and oxygen atoms in total. The Morgan fingerprint density at radius 3 is 2.67 bits per heavy atom. The Labute approximate surface area is 140 Å². The maximum atomic E-state index is 13.1. The van der Waals surface area contributed by atoms with Crippen LogP contribution in [0.1, 0.15) is 28.5 Å². The number of carbonyl (C=O) groups excluding carboxylic acids is 1. The summed E-state index contributed by atoms with van der Waals surface area (Å²) < 4.78 is 7.32. The van der Waals surface area contributed by atoms with Crippen LogP contribution in [-0.4, -0.2) is 34.2 Å². The Hall–Kier alpha value is -2.66. The monoisotopic (exact) mass is 324 g/mol. The predicted molar refractivity (Wildman–Crippen MR) is 92.5 cm³/mol. The molecule has 0 aliphatic carbocycles. The largest absolute Gasteiger partial charge is 0.508 e. The molecule has 3 aromatic rings. The summed E-state index contributed by atoms with van der Waals surface area (Å²) in [5.74, 6) is 0.105. The van der Waals surface area contributed by atoms with Gasteiger partial charge in [0.05, 0.1) is 23.9 Å². The van der Waals surface area contributed by atoms with Gasteiger partial charge in [-0.3, -0.25) is 9.78 Å². The van der Waals surface area contributed by atoms with Crippen LogP contribution in [0.5, 0.6) is 5.75 Å². The zero-order valence-electron chi connectivity index (χ0n) is 13.8. The minimum Gasteiger partial charge on any atom is -0.508 e. The first kappa shape index (κ1) is 16.2. The SMILES string of the molecule is CCc1c(C(=O)c2ccc(O)cc2)c2ccncc2n1CCOC. The summed E-state index contributed by atoms with van der Waals surface area (Å²) in [5, 5.41) is 10.3. The van der Waals surface area contributed by atoms with Crippen LogP contribution in [0.2, 0.25) is 0 Å². The third-order valence-corrected chi connectivity index (χ3v) is 4.19. The normalized spacial score (nSPS) is 11.1. The zero-order valence-corrected chi connectivity index (χ0v) is 13.8. The highest BCUT2D eigenvalue weighted by atomic mass is 16.5. The Morgan fingerprint density at radius 1 is 1.25 bits per heavy atom. The lowest BCUT2D eigenvalue weighted by atomic mass is 9.99. The number of ketones is 1. The van der Waals surface area contributed by atoms with Crippen molar-refractivity contribution >= 4 is 16.7 Å². The van der Waals surface area contributed by atoms with Crippen molar-refractivity contribution in [2.24, 2.45) is 0 Å². The van der Waals surface area contributed by atoms with E-state index in [0.717, 1.165) is 23.0 Å². The molecule has 2 heterocycles. The van der Waals surface area contributed by atoms with E-state index in [1.165, 1.54) is 12.1 Å². The molecule has 0 atom stereocenters. The van der Waals surface area contributed by atoms with Gasteiger partial charge in [0.2, 0.25) is 0 Å². The quantitative estimate of drug-likeness (QED) is 0.707. The molecule has 0 spiro atoms. The average molecular weight is 324 g/mol. The molecular formula is C19H20N2O3. The summed E-state index contributed by atoms with van der Waals surface area (Å²) in [5.41, 5.74) is 3.18. The maximum Gasteiger partial charge on any atom is 0.195 e. The van der Waals surface area contributed by atoms with E-state index in [-0.39, 0.29) is 11.5 Å². The molecule has 0 bridgehead atoms. The van der Waals surface area contributed by atoms with Gasteiger partial charge in [0, 0.05) is 36.5 Å². The number of hydrogen-bond acceptors (Lipinski definition) is 4. The van der Waals surface area contributed by atoms with Gasteiger partial charge in [0.25, 0.3) is 0 Å². The van der Waals surface area contributed by atoms with Crippen LogP contribution in [0.3, 0.4) is 0 Å². The molecule has 0 unspecified atom stereocenters. The number of phenolic OH excluding ortho intramolecular Hbond substituents is 1. The van der Waals surface area contributed by atoms with Gasteiger partial charge in [-0.2, -0.15) is 0 Å². The van der Waals surface area contributed by atoms with Crippen LogP contribution in [0.15, 0.2) is 42.7 Å². The van der Waals surface area contributed by atoms with Crippen LogP contribution in [-0.2, 0) is 17.7 Å². The fourth-order valence-electron chi connectivity index (χ4n) is 3.06. The number of pyridine rings is 1. The summed E-state index contributed by atoms with van der Waals surface area (Å²) in [6, 6.07) is 8.24. The Morgan fingerprint density at radius 2 is 2.00 bits per heavy atom. The van der Waals surface area contributed by atoms with Gasteiger partial charge >= 0.3 is 0 Å². The number of phenols is 1. The van der Waals surface area contributed by atoms with Gasteiger partial charge in [0.1, 0.15) is 5.75 Å². The lowest BCUT2D eigenvalue weighted by Gasteiger charge is -2.10. The second kappa shape index (κ2) is 6.84. The van der Waals surface area contributed by atoms with E-state index in [1.54, 1.807) is 31.6 Å². The number of aromatic hydroxyl groups is 1. The fourth-order valence-corrected chi connectivity index (χ4v) is 3.06. The van der Waals surface area contributed by atoms with E-state index < -0.39 is 0 Å². The van der Waals surface area contributed by atoms with Gasteiger partial charge in [-0.25, -0.2) is 0 Å². The summed E-state index contributed by atoms with van der Waals surface area (Å²) in [6.45, 7) is 3.28. The molecule has 0 amide bonds. The topological polar surface area (TPSA) is 64.3 Å². The molecule has 124 valence electrons. The zero-order chi connectivity index (χ0) is 17.1. The van der Waals surface area contributed by atoms with E-state index in [4.69, 9.17) is 4.74 Å². The van der Waals surface area contributed by atoms with Crippen molar-refractivity contribution in [2.75, 3.05) is 13.7 Å². The predicted octanol–water partition coefficient (Wildman–Crippen LogP) is 3.18. The molecular weight excluding hydrogens is 304 g/mol. The molecule has 5 heteroatoms. The summed E-state index contributed by atoms with van der Waals surface area (Å²) >= 11 is 0. The second-order valence-electron chi connectivity index (χ2n) is 5.59. The number of fused-ring (bicyclic) bond motifs is 1. The molecule has 0 aliphatic rings. The molecule has 0 saturated carbocycles. The summed E-state index contributed by atoms with van der Waals surface area (Å²) in [6.07, 6.45) is 4.23. The van der Waals surface area contributed by atoms with Crippen LogP contribution in [0, 0.1) is 0 Å². The van der Waals surface area contributed by atoms with E-state index in [9.17, 15) is 9.90 Å². The van der Waals surface area contributed by atoms with Gasteiger partial charge < -0.3 is 14.4 Å². The van der Waals surface area contributed by atoms with Crippen molar-refractivity contribution < 1.29 is 14.6 Å². The van der Waals surface area contributed by atoms with E-state index in [0.29, 0.717) is 24.3 Å². The van der Waals surface area contributed by atoms with Crippen molar-refractivity contribution in [3.05, 3.63) is 59.5 Å². The first-order valence-electron chi connectivity index (χ1n) is 7.95. The molecule has 24 heavy (non-hydrogen) atoms. The fraction of sp³-hybridized carbons (Fsp3) is 0.263. The third-order valence-electron chi connectivity index (χ3n) is 4.19. The highest BCUT2D eigenvalue weighted by molar-refractivity contribution is 6.17. The van der Waals surface area contributed by atoms with Crippen LogP contribution >= 0.6 is 0 Å². The molecule has 2 aromatic heterocycles. The maximum absolute atomic E-state index is 13.1. The van der Waals surface area contributed by atoms with E-state index in [2.05, 4.69) is 9.55 Å². The Balaban J connectivity index is 2.19. The van der Waals surface area contributed by atoms with E-state index >= 15 is 0 Å². The highest BCUT2D eigenvalue weighted by Crippen LogP contribution is 2.29. The number of carbonyl (C=O) groups is 1. The summed E-state index contributed by atoms with van der Waals surface area (Å²) in [7, 11) is 1.66. The molecule has 0 aliphatic heterocycles. The standard InChI is InChI=1S/C19H20N2O3/c1-3-16-18(19(23)13-4-6-14(22)7-5-13)15-8-9-20-12-17(15)21(16)10-11-24-2/h4-9,12,22H,3,10-11H2,1-2H3. The van der Waals surface area contributed by atoms with Crippen molar-refractivity contribution in [3.8, 4) is 5.75 Å². The third kappa shape index (κ3) is 2.78. The second-order valence-corrected chi connectivity index (χ2v) is 5.59. The molecule has 0 fully saturated rings. The van der Waals surface area contributed by atoms with Crippen molar-refractivity contribution in [1.82, 2.24) is 9.55 Å². The van der Waals surface area contributed by atoms with Gasteiger partial charge in [0.15, 0.2) is 5.78 Å². The van der Waals surface area contributed by atoms with Gasteiger partial charge in [-0.15, -0.1) is 0 Å². The molecule has 1 aromatic carbocycles. The smallest absolute Gasteiger partial charge is 0.195 e. The molecule has 3 rings (SSSR count). The van der Waals surface area contributed by atoms with Crippen LogP contribution < -0.4 is 0 Å². The number of benzene rings is 1. The van der Waals surface area contributed by atoms with Crippen molar-refractivity contribution in [3.63, 3.8) is 0 Å². The highest BCUT2D eigenvalue weighted by Gasteiger charge is 2.22. The average Bonchev–Trinajstić information content (AvgIpc) is 2.93. The van der Waals surface area contributed by atoms with E-state index in [1.807, 2.05) is 13.0 Å². The van der Waals surface area contributed by atoms with Crippen LogP contribution in [0.25, 0.3) is 10.9 Å². The number of rotatable bonds is 6.